The van der Waals surface area contributed by atoms with Crippen molar-refractivity contribution in [2.75, 3.05) is 11.9 Å². The number of nitrogens with one attached hydrogen (secondary N) is 1. The Hall–Kier alpha value is -2.70. The smallest absolute Gasteiger partial charge is 0.343 e. The highest BCUT2D eigenvalue weighted by Gasteiger charge is 2.17. The van der Waals surface area contributed by atoms with Crippen LogP contribution in [-0.4, -0.2) is 39.7 Å². The number of hydrogen-bond donors (Lipinski definition) is 1. The molecule has 0 fully saturated rings. The molecule has 0 aromatic carbocycles. The Morgan fingerprint density at radius 3 is 3.00 bits per heavy atom. The molecule has 1 N–H and O–H groups in total. The highest BCUT2D eigenvalue weighted by molar-refractivity contribution is 5.97. The maximum absolute atomic E-state index is 12.0. The van der Waals surface area contributed by atoms with Crippen molar-refractivity contribution in [1.82, 2.24) is 14.8 Å². The Labute approximate surface area is 129 Å². The molecule has 0 unspecified atom stereocenters. The van der Waals surface area contributed by atoms with Crippen molar-refractivity contribution in [2.24, 2.45) is 4.99 Å². The van der Waals surface area contributed by atoms with Crippen molar-refractivity contribution in [1.29, 1.82) is 0 Å². The van der Waals surface area contributed by atoms with Crippen molar-refractivity contribution in [3.8, 4) is 5.69 Å². The van der Waals surface area contributed by atoms with Crippen molar-refractivity contribution in [3.05, 3.63) is 36.3 Å². The normalized spacial score (nSPS) is 11.1. The molecule has 2 rings (SSSR count). The van der Waals surface area contributed by atoms with Crippen LogP contribution < -0.4 is 5.32 Å². The van der Waals surface area contributed by atoms with E-state index in [1.165, 1.54) is 6.34 Å². The second-order valence-electron chi connectivity index (χ2n) is 4.78. The van der Waals surface area contributed by atoms with Crippen LogP contribution in [0.3, 0.4) is 0 Å². The Bertz CT molecular complexity index is 649. The molecule has 0 saturated heterocycles. The molecule has 22 heavy (non-hydrogen) atoms. The van der Waals surface area contributed by atoms with E-state index in [1.807, 2.05) is 19.9 Å². The lowest BCUT2D eigenvalue weighted by Crippen LogP contribution is -2.08. The van der Waals surface area contributed by atoms with Crippen LogP contribution in [0.25, 0.3) is 5.69 Å². The van der Waals surface area contributed by atoms with Crippen LogP contribution in [0.1, 0.15) is 31.1 Å². The van der Waals surface area contributed by atoms with Crippen molar-refractivity contribution in [3.63, 3.8) is 0 Å². The zero-order chi connectivity index (χ0) is 15.9. The number of anilines is 1. The highest BCUT2D eigenvalue weighted by Crippen LogP contribution is 2.17. The molecular formula is C15H19N5O2. The summed E-state index contributed by atoms with van der Waals surface area (Å²) >= 11 is 0. The van der Waals surface area contributed by atoms with Crippen LogP contribution in [0.2, 0.25) is 0 Å². The fourth-order valence-electron chi connectivity index (χ4n) is 1.71. The second kappa shape index (κ2) is 7.35. The molecule has 0 aliphatic heterocycles. The van der Waals surface area contributed by atoms with Crippen LogP contribution in [0.15, 0.2) is 35.7 Å². The van der Waals surface area contributed by atoms with Gasteiger partial charge in [0.05, 0.1) is 24.8 Å². The Morgan fingerprint density at radius 2 is 2.36 bits per heavy atom. The summed E-state index contributed by atoms with van der Waals surface area (Å²) in [4.78, 5) is 20.3. The van der Waals surface area contributed by atoms with E-state index in [2.05, 4.69) is 20.4 Å². The largest absolute Gasteiger partial charge is 0.462 e. The van der Waals surface area contributed by atoms with Gasteiger partial charge in [-0.1, -0.05) is 0 Å². The molecule has 0 aliphatic rings. The number of esters is 1. The van der Waals surface area contributed by atoms with Gasteiger partial charge in [-0.3, -0.25) is 9.98 Å². The number of hydrogen-bond acceptors (Lipinski definition) is 5. The number of pyridine rings is 1. The number of ether oxygens (including phenoxy) is 1. The maximum atomic E-state index is 12.0. The maximum Gasteiger partial charge on any atom is 0.343 e. The van der Waals surface area contributed by atoms with E-state index in [0.717, 1.165) is 5.69 Å². The zero-order valence-electron chi connectivity index (χ0n) is 12.9. The van der Waals surface area contributed by atoms with E-state index in [1.54, 1.807) is 36.3 Å². The lowest BCUT2D eigenvalue weighted by molar-refractivity contribution is 0.0527. The molecule has 0 radical (unpaired) electrons. The van der Waals surface area contributed by atoms with Gasteiger partial charge in [-0.2, -0.15) is 0 Å². The van der Waals surface area contributed by atoms with E-state index in [4.69, 9.17) is 4.74 Å². The first-order valence-corrected chi connectivity index (χ1v) is 7.07. The van der Waals surface area contributed by atoms with Gasteiger partial charge in [-0.25, -0.2) is 9.48 Å². The van der Waals surface area contributed by atoms with E-state index >= 15 is 0 Å². The molecule has 2 aromatic rings. The van der Waals surface area contributed by atoms with E-state index < -0.39 is 5.97 Å². The minimum atomic E-state index is -0.432. The molecule has 2 heterocycles. The number of carbonyl (C=O) groups excluding carboxylic acids is 1. The summed E-state index contributed by atoms with van der Waals surface area (Å²) in [5.74, 6) is -0.0372. The molecule has 116 valence electrons. The summed E-state index contributed by atoms with van der Waals surface area (Å²) < 4.78 is 6.63. The summed E-state index contributed by atoms with van der Waals surface area (Å²) in [6, 6.07) is 3.80. The van der Waals surface area contributed by atoms with Crippen molar-refractivity contribution in [2.45, 2.75) is 26.8 Å². The van der Waals surface area contributed by atoms with Crippen LogP contribution in [0.5, 0.6) is 0 Å². The molecule has 7 nitrogen and oxygen atoms in total. The molecule has 0 aliphatic carbocycles. The summed E-state index contributed by atoms with van der Waals surface area (Å²) in [5, 5.41) is 7.28. The van der Waals surface area contributed by atoms with Crippen LogP contribution >= 0.6 is 0 Å². The van der Waals surface area contributed by atoms with E-state index in [-0.39, 0.29) is 6.04 Å². The standard InChI is InChI=1S/C15H19N5O2/c1-4-22-15(21)13-9-20(12-6-5-7-16-8-12)19-14(13)18-10-17-11(2)3/h5-11H,4H2,1-3H3,(H,17,18,19). The monoisotopic (exact) mass is 301 g/mol. The zero-order valence-corrected chi connectivity index (χ0v) is 12.9. The summed E-state index contributed by atoms with van der Waals surface area (Å²) in [7, 11) is 0. The number of aliphatic imine (C=N–C) groups is 1. The van der Waals surface area contributed by atoms with E-state index in [0.29, 0.717) is 18.0 Å². The minimum absolute atomic E-state index is 0.152. The summed E-state index contributed by atoms with van der Waals surface area (Å²) in [6.45, 7) is 5.98. The van der Waals surface area contributed by atoms with Gasteiger partial charge < -0.3 is 10.1 Å². The van der Waals surface area contributed by atoms with Crippen molar-refractivity contribution >= 4 is 18.1 Å². The molecular weight excluding hydrogens is 282 g/mol. The third-order valence-corrected chi connectivity index (χ3v) is 2.69. The predicted molar refractivity (Wildman–Crippen MR) is 84.6 cm³/mol. The highest BCUT2D eigenvalue weighted by atomic mass is 16.5. The molecule has 7 heteroatoms. The first-order chi connectivity index (χ1) is 10.6. The fraction of sp³-hybridized carbons (Fsp3) is 0.333. The molecule has 0 bridgehead atoms. The lowest BCUT2D eigenvalue weighted by atomic mass is 10.3. The molecule has 2 aromatic heterocycles. The van der Waals surface area contributed by atoms with Gasteiger partial charge in [0.15, 0.2) is 5.82 Å². The van der Waals surface area contributed by atoms with Gasteiger partial charge in [-0.05, 0) is 32.9 Å². The fourth-order valence-corrected chi connectivity index (χ4v) is 1.71. The number of aromatic nitrogens is 3. The topological polar surface area (TPSA) is 81.4 Å². The quantitative estimate of drug-likeness (QED) is 0.503. The predicted octanol–water partition coefficient (Wildman–Crippen LogP) is 2.29. The van der Waals surface area contributed by atoms with Gasteiger partial charge in [-0.15, -0.1) is 5.10 Å². The summed E-state index contributed by atoms with van der Waals surface area (Å²) in [5.41, 5.74) is 1.10. The van der Waals surface area contributed by atoms with Crippen LogP contribution in [-0.2, 0) is 4.74 Å². The Kier molecular flexibility index (Phi) is 5.24. The average Bonchev–Trinajstić information content (AvgIpc) is 2.92. The van der Waals surface area contributed by atoms with Crippen LogP contribution in [0.4, 0.5) is 5.82 Å². The van der Waals surface area contributed by atoms with Gasteiger partial charge in [0.1, 0.15) is 5.56 Å². The molecule has 0 spiro atoms. The molecule has 0 saturated carbocycles. The number of nitrogens with zero attached hydrogens (tertiary/aromatic N) is 4. The SMILES string of the molecule is CCOC(=O)c1cn(-c2cccnc2)nc1NC=NC(C)C. The molecule has 0 atom stereocenters. The van der Waals surface area contributed by atoms with E-state index in [9.17, 15) is 4.79 Å². The van der Waals surface area contributed by atoms with Gasteiger partial charge in [0.2, 0.25) is 0 Å². The first-order valence-electron chi connectivity index (χ1n) is 7.07. The van der Waals surface area contributed by atoms with Crippen molar-refractivity contribution < 1.29 is 9.53 Å². The lowest BCUT2D eigenvalue weighted by Gasteiger charge is -2.01. The number of carbonyl (C=O) groups is 1. The third kappa shape index (κ3) is 3.91. The average molecular weight is 301 g/mol. The Balaban J connectivity index is 2.32. The van der Waals surface area contributed by atoms with Gasteiger partial charge >= 0.3 is 5.97 Å². The van der Waals surface area contributed by atoms with Crippen LogP contribution in [0, 0.1) is 0 Å². The van der Waals surface area contributed by atoms with Gasteiger partial charge in [0.25, 0.3) is 0 Å². The first kappa shape index (κ1) is 15.7. The minimum Gasteiger partial charge on any atom is -0.462 e. The number of rotatable bonds is 6. The third-order valence-electron chi connectivity index (χ3n) is 2.69. The summed E-state index contributed by atoms with van der Waals surface area (Å²) in [6.07, 6.45) is 6.48. The van der Waals surface area contributed by atoms with Gasteiger partial charge in [0, 0.05) is 18.4 Å². The molecule has 0 amide bonds. The second-order valence-corrected chi connectivity index (χ2v) is 4.78. The Morgan fingerprint density at radius 1 is 1.55 bits per heavy atom.